The molecule has 0 saturated carbocycles. The van der Waals surface area contributed by atoms with Crippen LogP contribution in [-0.2, 0) is 4.74 Å². The van der Waals surface area contributed by atoms with E-state index in [0.717, 1.165) is 19.6 Å². The highest BCUT2D eigenvalue weighted by atomic mass is 16.5. The van der Waals surface area contributed by atoms with Crippen molar-refractivity contribution in [3.8, 4) is 0 Å². The van der Waals surface area contributed by atoms with E-state index in [2.05, 4.69) is 5.32 Å². The van der Waals surface area contributed by atoms with E-state index in [9.17, 15) is 0 Å². The molecule has 1 rings (SSSR count). The lowest BCUT2D eigenvalue weighted by Gasteiger charge is -2.20. The van der Waals surface area contributed by atoms with Gasteiger partial charge in [-0.05, 0) is 13.5 Å². The van der Waals surface area contributed by atoms with Crippen LogP contribution in [0.1, 0.15) is 6.42 Å². The van der Waals surface area contributed by atoms with Crippen molar-refractivity contribution in [3.63, 3.8) is 0 Å². The van der Waals surface area contributed by atoms with E-state index in [1.807, 2.05) is 7.05 Å². The summed E-state index contributed by atoms with van der Waals surface area (Å²) >= 11 is 0. The van der Waals surface area contributed by atoms with Gasteiger partial charge < -0.3 is 15.8 Å². The summed E-state index contributed by atoms with van der Waals surface area (Å²) in [5, 5.41) is 3.05. The van der Waals surface area contributed by atoms with Gasteiger partial charge >= 0.3 is 0 Å². The molecule has 1 fully saturated rings. The third kappa shape index (κ3) is 1.64. The molecule has 0 amide bonds. The Morgan fingerprint density at radius 1 is 1.78 bits per heavy atom. The molecule has 0 aromatic heterocycles. The maximum absolute atomic E-state index is 5.88. The lowest BCUT2D eigenvalue weighted by molar-refractivity contribution is 0.178. The van der Waals surface area contributed by atoms with E-state index in [0.29, 0.717) is 6.61 Å². The zero-order chi connectivity index (χ0) is 6.74. The summed E-state index contributed by atoms with van der Waals surface area (Å²) in [7, 11) is 1.91. The molecule has 3 N–H and O–H groups in total. The molecule has 1 atom stereocenters. The molecule has 1 heterocycles. The van der Waals surface area contributed by atoms with E-state index < -0.39 is 0 Å². The van der Waals surface area contributed by atoms with Gasteiger partial charge in [0.25, 0.3) is 0 Å². The van der Waals surface area contributed by atoms with Crippen LogP contribution in [0.15, 0.2) is 0 Å². The molecule has 3 heteroatoms. The van der Waals surface area contributed by atoms with Gasteiger partial charge in [-0.1, -0.05) is 0 Å². The predicted molar refractivity (Wildman–Crippen MR) is 36.3 cm³/mol. The van der Waals surface area contributed by atoms with E-state index in [1.54, 1.807) is 0 Å². The summed E-state index contributed by atoms with van der Waals surface area (Å²) in [5.41, 5.74) is 5.79. The molecule has 1 aliphatic heterocycles. The molecule has 0 aliphatic carbocycles. The second kappa shape index (κ2) is 2.64. The Morgan fingerprint density at radius 3 is 3.00 bits per heavy atom. The van der Waals surface area contributed by atoms with Gasteiger partial charge in [0.05, 0.1) is 12.1 Å². The minimum absolute atomic E-state index is 0.0885. The molecule has 9 heavy (non-hydrogen) atoms. The number of ether oxygens (including phenoxy) is 1. The molecule has 1 aliphatic rings. The van der Waals surface area contributed by atoms with Gasteiger partial charge in [0.15, 0.2) is 0 Å². The van der Waals surface area contributed by atoms with Crippen LogP contribution in [0, 0.1) is 0 Å². The fourth-order valence-corrected chi connectivity index (χ4v) is 1.11. The lowest BCUT2D eigenvalue weighted by atomic mass is 10.0. The first-order chi connectivity index (χ1) is 4.27. The maximum Gasteiger partial charge on any atom is 0.0659 e. The van der Waals surface area contributed by atoms with E-state index >= 15 is 0 Å². The summed E-state index contributed by atoms with van der Waals surface area (Å²) < 4.78 is 5.15. The highest BCUT2D eigenvalue weighted by Crippen LogP contribution is 2.13. The van der Waals surface area contributed by atoms with Crippen molar-refractivity contribution < 1.29 is 4.74 Å². The van der Waals surface area contributed by atoms with E-state index in [1.165, 1.54) is 0 Å². The number of nitrogens with one attached hydrogen (secondary N) is 1. The number of hydrogen-bond acceptors (Lipinski definition) is 3. The van der Waals surface area contributed by atoms with Crippen molar-refractivity contribution in [2.24, 2.45) is 5.73 Å². The topological polar surface area (TPSA) is 47.3 Å². The van der Waals surface area contributed by atoms with E-state index in [-0.39, 0.29) is 5.54 Å². The highest BCUT2D eigenvalue weighted by Gasteiger charge is 2.28. The fourth-order valence-electron chi connectivity index (χ4n) is 1.11. The molecular weight excluding hydrogens is 116 g/mol. The summed E-state index contributed by atoms with van der Waals surface area (Å²) in [6.45, 7) is 2.37. The Bertz CT molecular complexity index is 89.1. The average Bonchev–Trinajstić information content (AvgIpc) is 2.16. The quantitative estimate of drug-likeness (QED) is 0.521. The van der Waals surface area contributed by atoms with Crippen LogP contribution < -0.4 is 11.1 Å². The molecule has 1 saturated heterocycles. The summed E-state index contributed by atoms with van der Waals surface area (Å²) in [6, 6.07) is 0. The van der Waals surface area contributed by atoms with Crippen LogP contribution in [0.3, 0.4) is 0 Å². The molecule has 0 aromatic rings. The van der Waals surface area contributed by atoms with Gasteiger partial charge in [-0.25, -0.2) is 0 Å². The second-order valence-corrected chi connectivity index (χ2v) is 2.70. The minimum atomic E-state index is -0.0885. The van der Waals surface area contributed by atoms with Crippen molar-refractivity contribution >= 4 is 0 Å². The Morgan fingerprint density at radius 2 is 2.56 bits per heavy atom. The first kappa shape index (κ1) is 6.99. The number of likely N-dealkylation sites (N-methyl/N-ethyl adjacent to an activating group) is 1. The largest absolute Gasteiger partial charge is 0.379 e. The van der Waals surface area contributed by atoms with Crippen molar-refractivity contribution in [3.05, 3.63) is 0 Å². The normalized spacial score (nSPS) is 35.3. The van der Waals surface area contributed by atoms with Crippen molar-refractivity contribution in [1.29, 1.82) is 0 Å². The lowest BCUT2D eigenvalue weighted by Crippen LogP contribution is -2.48. The highest BCUT2D eigenvalue weighted by molar-refractivity contribution is 4.89. The molecule has 1 unspecified atom stereocenters. The molecule has 0 radical (unpaired) electrons. The van der Waals surface area contributed by atoms with Gasteiger partial charge in [0.2, 0.25) is 0 Å². The third-order valence-electron chi connectivity index (χ3n) is 1.66. The van der Waals surface area contributed by atoms with E-state index in [4.69, 9.17) is 10.5 Å². The zero-order valence-corrected chi connectivity index (χ0v) is 5.81. The number of nitrogens with two attached hydrogens (primary N) is 1. The Balaban J connectivity index is 2.32. The second-order valence-electron chi connectivity index (χ2n) is 2.70. The zero-order valence-electron chi connectivity index (χ0n) is 5.81. The van der Waals surface area contributed by atoms with Gasteiger partial charge in [-0.2, -0.15) is 0 Å². The third-order valence-corrected chi connectivity index (χ3v) is 1.66. The molecular formula is C6H14N2O. The Hall–Kier alpha value is -0.120. The molecule has 0 aromatic carbocycles. The van der Waals surface area contributed by atoms with Crippen LogP contribution in [0.2, 0.25) is 0 Å². The van der Waals surface area contributed by atoms with Crippen molar-refractivity contribution in [1.82, 2.24) is 5.32 Å². The standard InChI is InChI=1S/C6H14N2O/c1-8-4-6(7)2-3-9-5-6/h8H,2-5,7H2,1H3. The summed E-state index contributed by atoms with van der Waals surface area (Å²) in [6.07, 6.45) is 0.980. The SMILES string of the molecule is CNCC1(N)CCOC1. The first-order valence-corrected chi connectivity index (χ1v) is 3.28. The number of hydrogen-bond donors (Lipinski definition) is 2. The van der Waals surface area contributed by atoms with Crippen LogP contribution in [0.25, 0.3) is 0 Å². The summed E-state index contributed by atoms with van der Waals surface area (Å²) in [5.74, 6) is 0. The van der Waals surface area contributed by atoms with Crippen molar-refractivity contribution in [2.45, 2.75) is 12.0 Å². The first-order valence-electron chi connectivity index (χ1n) is 3.28. The molecule has 54 valence electrons. The van der Waals surface area contributed by atoms with Crippen LogP contribution in [-0.4, -0.2) is 32.3 Å². The monoisotopic (exact) mass is 130 g/mol. The fraction of sp³-hybridized carbons (Fsp3) is 1.00. The molecule has 0 spiro atoms. The van der Waals surface area contributed by atoms with Crippen LogP contribution in [0.5, 0.6) is 0 Å². The predicted octanol–water partition coefficient (Wildman–Crippen LogP) is -0.676. The van der Waals surface area contributed by atoms with Crippen LogP contribution in [0.4, 0.5) is 0 Å². The number of rotatable bonds is 2. The van der Waals surface area contributed by atoms with Gasteiger partial charge in [-0.15, -0.1) is 0 Å². The smallest absolute Gasteiger partial charge is 0.0659 e. The molecule has 3 nitrogen and oxygen atoms in total. The summed E-state index contributed by atoms with van der Waals surface area (Å²) in [4.78, 5) is 0. The van der Waals surface area contributed by atoms with Gasteiger partial charge in [0, 0.05) is 13.2 Å². The average molecular weight is 130 g/mol. The minimum Gasteiger partial charge on any atom is -0.379 e. The Kier molecular flexibility index (Phi) is 2.05. The van der Waals surface area contributed by atoms with Gasteiger partial charge in [0.1, 0.15) is 0 Å². The van der Waals surface area contributed by atoms with Crippen LogP contribution >= 0.6 is 0 Å². The molecule has 0 bridgehead atoms. The maximum atomic E-state index is 5.88. The van der Waals surface area contributed by atoms with Gasteiger partial charge in [-0.3, -0.25) is 0 Å². The Labute approximate surface area is 55.6 Å². The van der Waals surface area contributed by atoms with Crippen molar-refractivity contribution in [2.75, 3.05) is 26.8 Å².